The second-order valence-electron chi connectivity index (χ2n) is 3.82. The average molecular weight is 307 g/mol. The fourth-order valence-electron chi connectivity index (χ4n) is 1.44. The molecule has 0 aliphatic carbocycles. The van der Waals surface area contributed by atoms with E-state index in [4.69, 9.17) is 5.11 Å². The van der Waals surface area contributed by atoms with Crippen molar-refractivity contribution in [2.45, 2.75) is 29.8 Å². The van der Waals surface area contributed by atoms with Crippen LogP contribution in [-0.2, 0) is 4.79 Å². The van der Waals surface area contributed by atoms with Crippen LogP contribution >= 0.6 is 11.8 Å². The second-order valence-corrected chi connectivity index (χ2v) is 4.92. The molecule has 0 saturated carbocycles. The monoisotopic (exact) mass is 307 g/mol. The lowest BCUT2D eigenvalue weighted by Crippen LogP contribution is -2.40. The van der Waals surface area contributed by atoms with Crippen LogP contribution in [0.2, 0.25) is 0 Å². The van der Waals surface area contributed by atoms with Crippen molar-refractivity contribution in [3.8, 4) is 0 Å². The number of carbonyl (C=O) groups is 2. The Kier molecular flexibility index (Phi) is 5.43. The van der Waals surface area contributed by atoms with Crippen molar-refractivity contribution in [2.75, 3.05) is 0 Å². The highest BCUT2D eigenvalue weighted by molar-refractivity contribution is 8.00. The molecule has 0 fully saturated rings. The lowest BCUT2D eigenvalue weighted by atomic mass is 10.1. The van der Waals surface area contributed by atoms with Crippen molar-refractivity contribution in [2.24, 2.45) is 0 Å². The van der Waals surface area contributed by atoms with Crippen molar-refractivity contribution in [1.82, 2.24) is 5.32 Å². The summed E-state index contributed by atoms with van der Waals surface area (Å²) >= 11 is -0.409. The van der Waals surface area contributed by atoms with Gasteiger partial charge in [0.15, 0.2) is 0 Å². The van der Waals surface area contributed by atoms with Gasteiger partial charge in [-0.1, -0.05) is 19.1 Å². The number of hydrogen-bond donors (Lipinski definition) is 2. The quantitative estimate of drug-likeness (QED) is 0.821. The molecule has 20 heavy (non-hydrogen) atoms. The van der Waals surface area contributed by atoms with Crippen molar-refractivity contribution < 1.29 is 27.9 Å². The maximum absolute atomic E-state index is 12.4. The highest BCUT2D eigenvalue weighted by Gasteiger charge is 2.31. The normalized spacial score (nSPS) is 12.8. The number of thioether (sulfide) groups is 1. The summed E-state index contributed by atoms with van der Waals surface area (Å²) in [6, 6.07) is 4.04. The summed E-state index contributed by atoms with van der Waals surface area (Å²) in [5, 5.41) is 11.0. The van der Waals surface area contributed by atoms with E-state index in [1.165, 1.54) is 18.2 Å². The lowest BCUT2D eigenvalue weighted by molar-refractivity contribution is -0.139. The van der Waals surface area contributed by atoms with Gasteiger partial charge < -0.3 is 10.4 Å². The van der Waals surface area contributed by atoms with E-state index in [0.717, 1.165) is 6.07 Å². The Morgan fingerprint density at radius 3 is 2.45 bits per heavy atom. The molecule has 110 valence electrons. The number of nitrogens with one attached hydrogen (secondary N) is 1. The third kappa shape index (κ3) is 4.76. The van der Waals surface area contributed by atoms with Gasteiger partial charge in [-0.15, -0.1) is 0 Å². The first-order valence-corrected chi connectivity index (χ1v) is 6.44. The predicted molar refractivity (Wildman–Crippen MR) is 67.5 cm³/mol. The summed E-state index contributed by atoms with van der Waals surface area (Å²) < 4.78 is 37.1. The maximum atomic E-state index is 12.4. The van der Waals surface area contributed by atoms with E-state index in [0.29, 0.717) is 0 Å². The van der Waals surface area contributed by atoms with Crippen LogP contribution in [0.15, 0.2) is 29.2 Å². The number of hydrogen-bond acceptors (Lipinski definition) is 3. The smallest absolute Gasteiger partial charge is 0.446 e. The van der Waals surface area contributed by atoms with Crippen LogP contribution in [0.5, 0.6) is 0 Å². The Balaban J connectivity index is 2.96. The number of carbonyl (C=O) groups excluding carboxylic acids is 1. The van der Waals surface area contributed by atoms with Crippen LogP contribution in [0.3, 0.4) is 0 Å². The molecule has 2 N–H and O–H groups in total. The third-order valence-corrected chi connectivity index (χ3v) is 3.18. The summed E-state index contributed by atoms with van der Waals surface area (Å²) in [6.45, 7) is 1.55. The summed E-state index contributed by atoms with van der Waals surface area (Å²) in [4.78, 5) is 22.4. The van der Waals surface area contributed by atoms with E-state index in [1.807, 2.05) is 0 Å². The maximum Gasteiger partial charge on any atom is 0.446 e. The SMILES string of the molecule is CC[C@H](NC(=O)c1ccccc1SC(F)(F)F)C(=O)O. The van der Waals surface area contributed by atoms with Gasteiger partial charge in [-0.2, -0.15) is 13.2 Å². The Labute approximate surface area is 117 Å². The van der Waals surface area contributed by atoms with Crippen LogP contribution in [0.4, 0.5) is 13.2 Å². The molecule has 0 radical (unpaired) electrons. The highest BCUT2D eigenvalue weighted by Crippen LogP contribution is 2.38. The number of aliphatic carboxylic acids is 1. The zero-order chi connectivity index (χ0) is 15.3. The van der Waals surface area contributed by atoms with Crippen LogP contribution < -0.4 is 5.32 Å². The van der Waals surface area contributed by atoms with E-state index in [-0.39, 0.29) is 16.9 Å². The number of amides is 1. The fraction of sp³-hybridized carbons (Fsp3) is 0.333. The van der Waals surface area contributed by atoms with E-state index < -0.39 is 35.2 Å². The van der Waals surface area contributed by atoms with Crippen LogP contribution in [-0.4, -0.2) is 28.5 Å². The topological polar surface area (TPSA) is 66.4 Å². The Bertz CT molecular complexity index is 505. The van der Waals surface area contributed by atoms with Crippen molar-refractivity contribution >= 4 is 23.6 Å². The molecule has 4 nitrogen and oxygen atoms in total. The second kappa shape index (κ2) is 6.65. The molecule has 1 amide bonds. The van der Waals surface area contributed by atoms with Gasteiger partial charge in [0.2, 0.25) is 0 Å². The molecule has 1 rings (SSSR count). The Morgan fingerprint density at radius 1 is 1.35 bits per heavy atom. The van der Waals surface area contributed by atoms with E-state index in [9.17, 15) is 22.8 Å². The molecule has 8 heteroatoms. The largest absolute Gasteiger partial charge is 0.480 e. The van der Waals surface area contributed by atoms with Gasteiger partial charge in [-0.3, -0.25) is 4.79 Å². The number of carboxylic acid groups (broad SMARTS) is 1. The van der Waals surface area contributed by atoms with Gasteiger partial charge in [0.1, 0.15) is 6.04 Å². The molecule has 0 aromatic heterocycles. The average Bonchev–Trinajstić information content (AvgIpc) is 2.34. The first-order chi connectivity index (χ1) is 9.24. The van der Waals surface area contributed by atoms with Gasteiger partial charge in [-0.05, 0) is 30.3 Å². The fourth-order valence-corrected chi connectivity index (χ4v) is 2.11. The van der Waals surface area contributed by atoms with Crippen LogP contribution in [0, 0.1) is 0 Å². The summed E-state index contributed by atoms with van der Waals surface area (Å²) in [5.41, 5.74) is -4.72. The lowest BCUT2D eigenvalue weighted by Gasteiger charge is -2.14. The number of rotatable bonds is 5. The number of benzene rings is 1. The van der Waals surface area contributed by atoms with Gasteiger partial charge in [0, 0.05) is 4.90 Å². The number of halogens is 3. The van der Waals surface area contributed by atoms with Crippen molar-refractivity contribution in [3.05, 3.63) is 29.8 Å². The van der Waals surface area contributed by atoms with Gasteiger partial charge >= 0.3 is 11.5 Å². The molecule has 0 heterocycles. The summed E-state index contributed by atoms with van der Waals surface area (Å²) in [6.07, 6.45) is 0.135. The van der Waals surface area contributed by atoms with Crippen molar-refractivity contribution in [1.29, 1.82) is 0 Å². The standard InChI is InChI=1S/C12H12F3NO3S/c1-2-8(11(18)19)16-10(17)7-5-3-4-6-9(7)20-12(13,14)15/h3-6,8H,2H2,1H3,(H,16,17)(H,18,19)/t8-/m0/s1. The number of alkyl halides is 3. The molecule has 0 bridgehead atoms. The molecule has 1 aromatic carbocycles. The molecule has 1 aromatic rings. The minimum absolute atomic E-state index is 0.135. The zero-order valence-corrected chi connectivity index (χ0v) is 11.2. The molecule has 1 atom stereocenters. The summed E-state index contributed by atoms with van der Waals surface area (Å²) in [7, 11) is 0. The number of carboxylic acids is 1. The predicted octanol–water partition coefficient (Wildman–Crippen LogP) is 2.89. The van der Waals surface area contributed by atoms with Gasteiger partial charge in [-0.25, -0.2) is 4.79 Å². The molecule has 0 saturated heterocycles. The minimum atomic E-state index is -4.52. The third-order valence-electron chi connectivity index (χ3n) is 2.37. The van der Waals surface area contributed by atoms with Crippen LogP contribution in [0.25, 0.3) is 0 Å². The van der Waals surface area contributed by atoms with E-state index in [2.05, 4.69) is 5.32 Å². The molecular weight excluding hydrogens is 295 g/mol. The Hall–Kier alpha value is -1.70. The van der Waals surface area contributed by atoms with Crippen LogP contribution in [0.1, 0.15) is 23.7 Å². The first-order valence-electron chi connectivity index (χ1n) is 5.63. The molecule has 0 aliphatic rings. The van der Waals surface area contributed by atoms with Crippen molar-refractivity contribution in [3.63, 3.8) is 0 Å². The van der Waals surface area contributed by atoms with E-state index in [1.54, 1.807) is 6.92 Å². The Morgan fingerprint density at radius 2 is 1.95 bits per heavy atom. The molecule has 0 aliphatic heterocycles. The first kappa shape index (κ1) is 16.4. The van der Waals surface area contributed by atoms with E-state index >= 15 is 0 Å². The van der Waals surface area contributed by atoms with Gasteiger partial charge in [0.25, 0.3) is 5.91 Å². The summed E-state index contributed by atoms with van der Waals surface area (Å²) in [5.74, 6) is -2.08. The minimum Gasteiger partial charge on any atom is -0.480 e. The molecule has 0 spiro atoms. The highest BCUT2D eigenvalue weighted by atomic mass is 32.2. The molecular formula is C12H12F3NO3S. The zero-order valence-electron chi connectivity index (χ0n) is 10.4. The molecule has 0 unspecified atom stereocenters. The van der Waals surface area contributed by atoms with Gasteiger partial charge in [0.05, 0.1) is 5.56 Å².